The highest BCUT2D eigenvalue weighted by Crippen LogP contribution is 2.15. The van der Waals surface area contributed by atoms with Crippen LogP contribution in [0.1, 0.15) is 219 Å². The van der Waals surface area contributed by atoms with Gasteiger partial charge in [0.15, 0.2) is 5.96 Å². The highest BCUT2D eigenvalue weighted by atomic mass is 15.2. The fraction of sp³-hybridized carbons (Fsp3) is 0.973. The maximum Gasteiger partial charge on any atom is 0.188 e. The largest absolute Gasteiger partial charge is 0.370 e. The molecule has 0 aliphatic heterocycles. The zero-order valence-electron chi connectivity index (χ0n) is 28.1. The van der Waals surface area contributed by atoms with Crippen LogP contribution in [-0.2, 0) is 0 Å². The maximum atomic E-state index is 7.94. The molecule has 3 N–H and O–H groups in total. The van der Waals surface area contributed by atoms with Crippen LogP contribution in [0.25, 0.3) is 0 Å². The van der Waals surface area contributed by atoms with E-state index in [0.717, 1.165) is 13.1 Å². The number of hydrogen-bond acceptors (Lipinski definition) is 1. The monoisotopic (exact) mass is 564 g/mol. The summed E-state index contributed by atoms with van der Waals surface area (Å²) in [5, 5.41) is 7.94. The van der Waals surface area contributed by atoms with Gasteiger partial charge >= 0.3 is 0 Å². The molecule has 0 atom stereocenters. The summed E-state index contributed by atoms with van der Waals surface area (Å²) < 4.78 is 0. The minimum absolute atomic E-state index is 0.280. The van der Waals surface area contributed by atoms with Gasteiger partial charge in [0.1, 0.15) is 0 Å². The first-order valence-corrected chi connectivity index (χ1v) is 18.8. The standard InChI is InChI=1S/C37H77N3/c1-3-5-7-9-11-13-15-17-19-21-23-25-27-29-31-33-35-40(37(38)39)36-34-32-30-28-26-24-22-20-18-16-14-12-10-8-6-4-2/h3-36H2,1-2H3,(H3,38,39). The molecular formula is C37H77N3. The van der Waals surface area contributed by atoms with Crippen LogP contribution in [0, 0.1) is 5.41 Å². The van der Waals surface area contributed by atoms with E-state index >= 15 is 0 Å². The molecule has 0 amide bonds. The van der Waals surface area contributed by atoms with Crippen molar-refractivity contribution in [1.82, 2.24) is 4.90 Å². The number of nitrogens with zero attached hydrogens (tertiary/aromatic N) is 1. The van der Waals surface area contributed by atoms with Gasteiger partial charge in [-0.05, 0) is 12.8 Å². The third-order valence-electron chi connectivity index (χ3n) is 8.90. The quantitative estimate of drug-likeness (QED) is 0.0464. The fourth-order valence-corrected chi connectivity index (χ4v) is 6.05. The number of guanidine groups is 1. The molecule has 0 rings (SSSR count). The molecule has 0 spiro atoms. The Morgan fingerprint density at radius 1 is 0.350 bits per heavy atom. The van der Waals surface area contributed by atoms with Crippen molar-refractivity contribution < 1.29 is 0 Å². The number of rotatable bonds is 34. The molecule has 0 bridgehead atoms. The van der Waals surface area contributed by atoms with Gasteiger partial charge in [-0.1, -0.05) is 206 Å². The highest BCUT2D eigenvalue weighted by molar-refractivity contribution is 5.74. The summed E-state index contributed by atoms with van der Waals surface area (Å²) in [5.41, 5.74) is 5.88. The Balaban J connectivity index is 3.37. The van der Waals surface area contributed by atoms with Crippen molar-refractivity contribution in [3.05, 3.63) is 0 Å². The van der Waals surface area contributed by atoms with Gasteiger partial charge in [0, 0.05) is 13.1 Å². The van der Waals surface area contributed by atoms with Crippen molar-refractivity contribution in [3.8, 4) is 0 Å². The summed E-state index contributed by atoms with van der Waals surface area (Å²) in [6, 6.07) is 0. The second kappa shape index (κ2) is 34.5. The Morgan fingerprint density at radius 3 is 0.700 bits per heavy atom. The Hall–Kier alpha value is -0.730. The predicted molar refractivity (Wildman–Crippen MR) is 183 cm³/mol. The molecule has 0 unspecified atom stereocenters. The van der Waals surface area contributed by atoms with E-state index in [1.165, 1.54) is 205 Å². The van der Waals surface area contributed by atoms with Crippen molar-refractivity contribution in [2.45, 2.75) is 219 Å². The van der Waals surface area contributed by atoms with E-state index in [-0.39, 0.29) is 5.96 Å². The molecule has 0 saturated carbocycles. The average molecular weight is 564 g/mol. The zero-order valence-corrected chi connectivity index (χ0v) is 28.1. The Bertz CT molecular complexity index is 442. The van der Waals surface area contributed by atoms with E-state index in [2.05, 4.69) is 18.7 Å². The third kappa shape index (κ3) is 31.8. The van der Waals surface area contributed by atoms with Crippen molar-refractivity contribution in [2.24, 2.45) is 5.73 Å². The first kappa shape index (κ1) is 39.3. The van der Waals surface area contributed by atoms with E-state index in [1.807, 2.05) is 0 Å². The van der Waals surface area contributed by atoms with Crippen molar-refractivity contribution in [1.29, 1.82) is 5.41 Å². The van der Waals surface area contributed by atoms with Crippen LogP contribution in [0.3, 0.4) is 0 Å². The van der Waals surface area contributed by atoms with Crippen LogP contribution in [0.2, 0.25) is 0 Å². The average Bonchev–Trinajstić information content (AvgIpc) is 2.95. The molecule has 0 heterocycles. The van der Waals surface area contributed by atoms with Crippen molar-refractivity contribution >= 4 is 5.96 Å². The number of nitrogens with two attached hydrogens (primary N) is 1. The summed E-state index contributed by atoms with van der Waals surface area (Å²) in [7, 11) is 0. The summed E-state index contributed by atoms with van der Waals surface area (Å²) in [5.74, 6) is 0.280. The second-order valence-electron chi connectivity index (χ2n) is 13.0. The van der Waals surface area contributed by atoms with Gasteiger partial charge < -0.3 is 10.6 Å². The highest BCUT2D eigenvalue weighted by Gasteiger charge is 2.06. The second-order valence-corrected chi connectivity index (χ2v) is 13.0. The molecule has 0 fully saturated rings. The molecule has 240 valence electrons. The normalized spacial score (nSPS) is 11.3. The SMILES string of the molecule is CCCCCCCCCCCCCCCCCCN(CCCCCCCCCCCCCCCCCC)C(=N)N. The molecule has 3 heteroatoms. The topological polar surface area (TPSA) is 53.1 Å². The Labute approximate surface area is 254 Å². The van der Waals surface area contributed by atoms with E-state index in [9.17, 15) is 0 Å². The lowest BCUT2D eigenvalue weighted by molar-refractivity contribution is 0.378. The van der Waals surface area contributed by atoms with Crippen LogP contribution in [-0.4, -0.2) is 23.9 Å². The molecule has 0 aromatic rings. The molecule has 3 nitrogen and oxygen atoms in total. The molecule has 0 aliphatic carbocycles. The molecule has 0 radical (unpaired) electrons. The van der Waals surface area contributed by atoms with Gasteiger partial charge in [-0.15, -0.1) is 0 Å². The Kier molecular flexibility index (Phi) is 33.8. The van der Waals surface area contributed by atoms with Gasteiger partial charge in [-0.3, -0.25) is 5.41 Å². The predicted octanol–water partition coefficient (Wildman–Crippen LogP) is 12.7. The number of hydrogen-bond donors (Lipinski definition) is 2. The molecular weight excluding hydrogens is 486 g/mol. The summed E-state index contributed by atoms with van der Waals surface area (Å²) in [6.07, 6.45) is 44.9. The smallest absolute Gasteiger partial charge is 0.188 e. The van der Waals surface area contributed by atoms with Crippen molar-refractivity contribution in [2.75, 3.05) is 13.1 Å². The van der Waals surface area contributed by atoms with E-state index in [0.29, 0.717) is 0 Å². The van der Waals surface area contributed by atoms with Gasteiger partial charge in [0.2, 0.25) is 0 Å². The van der Waals surface area contributed by atoms with E-state index < -0.39 is 0 Å². The molecule has 0 aromatic heterocycles. The van der Waals surface area contributed by atoms with Crippen LogP contribution in [0.15, 0.2) is 0 Å². The van der Waals surface area contributed by atoms with Crippen LogP contribution >= 0.6 is 0 Å². The molecule has 0 saturated heterocycles. The summed E-state index contributed by atoms with van der Waals surface area (Å²) in [4.78, 5) is 2.12. The maximum absolute atomic E-state index is 7.94. The Morgan fingerprint density at radius 2 is 0.525 bits per heavy atom. The fourth-order valence-electron chi connectivity index (χ4n) is 6.05. The number of unbranched alkanes of at least 4 members (excludes halogenated alkanes) is 30. The lowest BCUT2D eigenvalue weighted by atomic mass is 10.0. The number of nitrogens with one attached hydrogen (secondary N) is 1. The van der Waals surface area contributed by atoms with Gasteiger partial charge in [-0.2, -0.15) is 0 Å². The molecule has 0 aromatic carbocycles. The van der Waals surface area contributed by atoms with E-state index in [1.54, 1.807) is 0 Å². The minimum Gasteiger partial charge on any atom is -0.370 e. The van der Waals surface area contributed by atoms with Crippen LogP contribution in [0.4, 0.5) is 0 Å². The first-order valence-electron chi connectivity index (χ1n) is 18.8. The third-order valence-corrected chi connectivity index (χ3v) is 8.90. The molecule has 40 heavy (non-hydrogen) atoms. The van der Waals surface area contributed by atoms with Gasteiger partial charge in [0.05, 0.1) is 0 Å². The summed E-state index contributed by atoms with van der Waals surface area (Å²) in [6.45, 7) is 6.55. The van der Waals surface area contributed by atoms with Gasteiger partial charge in [0.25, 0.3) is 0 Å². The van der Waals surface area contributed by atoms with Crippen molar-refractivity contribution in [3.63, 3.8) is 0 Å². The van der Waals surface area contributed by atoms with Crippen LogP contribution in [0.5, 0.6) is 0 Å². The summed E-state index contributed by atoms with van der Waals surface area (Å²) >= 11 is 0. The lowest BCUT2D eigenvalue weighted by Gasteiger charge is -2.22. The molecule has 0 aliphatic rings. The lowest BCUT2D eigenvalue weighted by Crippen LogP contribution is -2.37. The zero-order chi connectivity index (χ0) is 29.2. The first-order chi connectivity index (χ1) is 19.7. The van der Waals surface area contributed by atoms with Gasteiger partial charge in [-0.25, -0.2) is 0 Å². The minimum atomic E-state index is 0.280. The van der Waals surface area contributed by atoms with Crippen LogP contribution < -0.4 is 5.73 Å². The van der Waals surface area contributed by atoms with E-state index in [4.69, 9.17) is 11.1 Å².